The lowest BCUT2D eigenvalue weighted by molar-refractivity contribution is 0.371. The van der Waals surface area contributed by atoms with Crippen LogP contribution in [0.4, 0.5) is 0 Å². The van der Waals surface area contributed by atoms with Gasteiger partial charge in [-0.3, -0.25) is 0 Å². The number of hydrogen-bond donors (Lipinski definition) is 2. The van der Waals surface area contributed by atoms with Crippen molar-refractivity contribution in [1.82, 2.24) is 5.32 Å². The summed E-state index contributed by atoms with van der Waals surface area (Å²) in [5.41, 5.74) is 2.26. The van der Waals surface area contributed by atoms with Gasteiger partial charge in [0.15, 0.2) is 11.5 Å². The normalized spacial score (nSPS) is 12.2. The van der Waals surface area contributed by atoms with Gasteiger partial charge in [0.2, 0.25) is 0 Å². The van der Waals surface area contributed by atoms with Crippen molar-refractivity contribution < 1.29 is 9.84 Å². The molecule has 0 aliphatic carbocycles. The molecule has 1 atom stereocenters. The number of hydrogen-bond acceptors (Lipinski definition) is 3. The van der Waals surface area contributed by atoms with E-state index in [4.69, 9.17) is 4.74 Å². The second kappa shape index (κ2) is 7.29. The van der Waals surface area contributed by atoms with E-state index < -0.39 is 0 Å². The minimum Gasteiger partial charge on any atom is -0.503 e. The summed E-state index contributed by atoms with van der Waals surface area (Å²) in [5, 5.41) is 13.3. The Balaban J connectivity index is 2.08. The molecule has 0 bridgehead atoms. The molecule has 0 aliphatic heterocycles. The molecule has 2 rings (SSSR count). The van der Waals surface area contributed by atoms with E-state index in [1.165, 1.54) is 5.56 Å². The summed E-state index contributed by atoms with van der Waals surface area (Å²) in [6.45, 7) is 2.80. The molecule has 2 aromatic rings. The molecule has 0 saturated carbocycles. The fraction of sp³-hybridized carbons (Fsp3) is 0.250. The minimum absolute atomic E-state index is 0.126. The van der Waals surface area contributed by atoms with E-state index in [9.17, 15) is 5.11 Å². The van der Waals surface area contributed by atoms with Gasteiger partial charge in [-0.05, 0) is 58.2 Å². The second-order valence-electron chi connectivity index (χ2n) is 4.79. The first-order valence-corrected chi connectivity index (χ1v) is 8.14. The van der Waals surface area contributed by atoms with Gasteiger partial charge < -0.3 is 15.2 Å². The lowest BCUT2D eigenvalue weighted by Crippen LogP contribution is -2.18. The third kappa shape index (κ3) is 4.22. The van der Waals surface area contributed by atoms with E-state index in [0.29, 0.717) is 16.8 Å². The Morgan fingerprint density at radius 3 is 2.67 bits per heavy atom. The van der Waals surface area contributed by atoms with Crippen molar-refractivity contribution in [1.29, 1.82) is 0 Å². The topological polar surface area (TPSA) is 41.5 Å². The van der Waals surface area contributed by atoms with Gasteiger partial charge in [0, 0.05) is 17.1 Å². The van der Waals surface area contributed by atoms with Crippen molar-refractivity contribution in [3.05, 3.63) is 56.5 Å². The molecule has 3 nitrogen and oxygen atoms in total. The van der Waals surface area contributed by atoms with Crippen LogP contribution in [0, 0.1) is 0 Å². The molecule has 2 N–H and O–H groups in total. The number of benzene rings is 2. The molecule has 0 amide bonds. The van der Waals surface area contributed by atoms with Gasteiger partial charge in [0.1, 0.15) is 0 Å². The van der Waals surface area contributed by atoms with Crippen LogP contribution in [-0.2, 0) is 6.54 Å². The molecule has 0 saturated heterocycles. The highest BCUT2D eigenvalue weighted by molar-refractivity contribution is 9.10. The number of phenolic OH excluding ortho intramolecular Hbond substituents is 1. The average molecular weight is 415 g/mol. The zero-order valence-corrected chi connectivity index (χ0v) is 15.0. The number of rotatable bonds is 5. The summed E-state index contributed by atoms with van der Waals surface area (Å²) in [6.07, 6.45) is 0. The van der Waals surface area contributed by atoms with Crippen LogP contribution in [-0.4, -0.2) is 12.2 Å². The summed E-state index contributed by atoms with van der Waals surface area (Å²) in [4.78, 5) is 0. The molecule has 112 valence electrons. The molecular formula is C16H17Br2NO2. The summed E-state index contributed by atoms with van der Waals surface area (Å²) in [5.74, 6) is 0.595. The van der Waals surface area contributed by atoms with Crippen molar-refractivity contribution >= 4 is 31.9 Å². The second-order valence-corrected chi connectivity index (χ2v) is 6.56. The van der Waals surface area contributed by atoms with Crippen LogP contribution < -0.4 is 10.1 Å². The van der Waals surface area contributed by atoms with E-state index in [1.807, 2.05) is 24.3 Å². The number of phenols is 1. The molecule has 0 spiro atoms. The minimum atomic E-state index is 0.126. The van der Waals surface area contributed by atoms with Crippen LogP contribution in [0.3, 0.4) is 0 Å². The lowest BCUT2D eigenvalue weighted by atomic mass is 10.1. The van der Waals surface area contributed by atoms with Crippen molar-refractivity contribution in [2.45, 2.75) is 19.5 Å². The maximum atomic E-state index is 9.81. The lowest BCUT2D eigenvalue weighted by Gasteiger charge is -2.16. The first-order valence-electron chi connectivity index (χ1n) is 6.55. The van der Waals surface area contributed by atoms with E-state index in [-0.39, 0.29) is 11.8 Å². The summed E-state index contributed by atoms with van der Waals surface area (Å²) in [6, 6.07) is 12.2. The smallest absolute Gasteiger partial charge is 0.172 e. The van der Waals surface area contributed by atoms with E-state index >= 15 is 0 Å². The predicted octanol–water partition coefficient (Wildman–Crippen LogP) is 4.78. The van der Waals surface area contributed by atoms with Gasteiger partial charge in [-0.15, -0.1) is 0 Å². The number of ether oxygens (including phenoxy) is 1. The number of halogens is 2. The SMILES string of the molecule is COc1cc(CN[C@H](C)c2cccc(Br)c2)cc(Br)c1O. The Kier molecular flexibility index (Phi) is 5.67. The standard InChI is InChI=1S/C16H17Br2NO2/c1-10(12-4-3-5-13(17)8-12)19-9-11-6-14(18)16(20)15(7-11)21-2/h3-8,10,19-20H,9H2,1-2H3/t10-/m1/s1. The molecule has 0 heterocycles. The van der Waals surface area contributed by atoms with Gasteiger partial charge in [-0.2, -0.15) is 0 Å². The van der Waals surface area contributed by atoms with Crippen LogP contribution in [0.25, 0.3) is 0 Å². The Bertz CT molecular complexity index is 632. The number of aromatic hydroxyl groups is 1. The highest BCUT2D eigenvalue weighted by Crippen LogP contribution is 2.35. The molecule has 5 heteroatoms. The number of methoxy groups -OCH3 is 1. The van der Waals surface area contributed by atoms with E-state index in [0.717, 1.165) is 10.0 Å². The zero-order valence-electron chi connectivity index (χ0n) is 11.9. The predicted molar refractivity (Wildman–Crippen MR) is 91.8 cm³/mol. The largest absolute Gasteiger partial charge is 0.503 e. The molecule has 0 radical (unpaired) electrons. The van der Waals surface area contributed by atoms with Crippen LogP contribution in [0.1, 0.15) is 24.1 Å². The van der Waals surface area contributed by atoms with Crippen molar-refractivity contribution in [2.75, 3.05) is 7.11 Å². The molecule has 0 fully saturated rings. The van der Waals surface area contributed by atoms with E-state index in [2.05, 4.69) is 56.2 Å². The van der Waals surface area contributed by atoms with Crippen molar-refractivity contribution in [3.8, 4) is 11.5 Å². The van der Waals surface area contributed by atoms with E-state index in [1.54, 1.807) is 7.11 Å². The Hall–Kier alpha value is -1.04. The monoisotopic (exact) mass is 413 g/mol. The molecule has 2 aromatic carbocycles. The van der Waals surface area contributed by atoms with Crippen molar-refractivity contribution in [3.63, 3.8) is 0 Å². The summed E-state index contributed by atoms with van der Waals surface area (Å²) in [7, 11) is 1.54. The maximum absolute atomic E-state index is 9.81. The summed E-state index contributed by atoms with van der Waals surface area (Å²) < 4.78 is 6.86. The third-order valence-electron chi connectivity index (χ3n) is 3.27. The third-order valence-corrected chi connectivity index (χ3v) is 4.37. The zero-order chi connectivity index (χ0) is 15.4. The fourth-order valence-corrected chi connectivity index (χ4v) is 2.96. The Labute approximate surface area is 141 Å². The molecular weight excluding hydrogens is 398 g/mol. The highest BCUT2D eigenvalue weighted by Gasteiger charge is 2.10. The average Bonchev–Trinajstić information content (AvgIpc) is 2.48. The quantitative estimate of drug-likeness (QED) is 0.739. The van der Waals surface area contributed by atoms with Gasteiger partial charge in [-0.1, -0.05) is 28.1 Å². The van der Waals surface area contributed by atoms with Crippen molar-refractivity contribution in [2.24, 2.45) is 0 Å². The fourth-order valence-electron chi connectivity index (χ4n) is 2.05. The van der Waals surface area contributed by atoms with Crippen LogP contribution in [0.2, 0.25) is 0 Å². The maximum Gasteiger partial charge on any atom is 0.172 e. The molecule has 0 unspecified atom stereocenters. The van der Waals surface area contributed by atoms with Crippen LogP contribution in [0.5, 0.6) is 11.5 Å². The Morgan fingerprint density at radius 1 is 1.24 bits per heavy atom. The Morgan fingerprint density at radius 2 is 2.00 bits per heavy atom. The molecule has 0 aromatic heterocycles. The van der Waals surface area contributed by atoms with Gasteiger partial charge >= 0.3 is 0 Å². The van der Waals surface area contributed by atoms with Crippen LogP contribution >= 0.6 is 31.9 Å². The first kappa shape index (κ1) is 16.3. The van der Waals surface area contributed by atoms with Gasteiger partial charge in [0.05, 0.1) is 11.6 Å². The summed E-state index contributed by atoms with van der Waals surface area (Å²) >= 11 is 6.82. The van der Waals surface area contributed by atoms with Gasteiger partial charge in [-0.25, -0.2) is 0 Å². The molecule has 21 heavy (non-hydrogen) atoms. The van der Waals surface area contributed by atoms with Crippen LogP contribution in [0.15, 0.2) is 45.3 Å². The number of nitrogens with one attached hydrogen (secondary N) is 1. The molecule has 0 aliphatic rings. The first-order chi connectivity index (χ1) is 10.0. The van der Waals surface area contributed by atoms with Gasteiger partial charge in [0.25, 0.3) is 0 Å². The highest BCUT2D eigenvalue weighted by atomic mass is 79.9.